The minimum absolute atomic E-state index is 0.109. The molecule has 0 aromatic carbocycles. The molecular weight excluding hydrogens is 455 g/mol. The SMILES string of the molecule is CC1C[C@H]2[C@@H]3CCC4=CC(=O)C=C(OC(=O)C(C)(C)C)[C@]4(C)[C@@]3(F)[C@@H](O)C[C@]2(C)[C@@]1(O)C(=O)CO. The molecule has 0 saturated heterocycles. The summed E-state index contributed by atoms with van der Waals surface area (Å²) in [5.41, 5.74) is -7.36. The number of rotatable bonds is 3. The lowest BCUT2D eigenvalue weighted by Gasteiger charge is -2.63. The Labute approximate surface area is 205 Å². The maximum absolute atomic E-state index is 17.7. The molecule has 4 aliphatic carbocycles. The zero-order chi connectivity index (χ0) is 26.4. The lowest BCUT2D eigenvalue weighted by atomic mass is 9.44. The van der Waals surface area contributed by atoms with Crippen LogP contribution in [0.5, 0.6) is 0 Å². The Morgan fingerprint density at radius 1 is 1.20 bits per heavy atom. The monoisotopic (exact) mass is 492 g/mol. The van der Waals surface area contributed by atoms with Crippen LogP contribution in [0.3, 0.4) is 0 Å². The van der Waals surface area contributed by atoms with Crippen LogP contribution in [-0.4, -0.2) is 56.8 Å². The molecule has 0 aromatic heterocycles. The second-order valence-corrected chi connectivity index (χ2v) is 12.5. The molecule has 4 rings (SSSR count). The summed E-state index contributed by atoms with van der Waals surface area (Å²) in [4.78, 5) is 38.1. The van der Waals surface area contributed by atoms with Gasteiger partial charge in [0.1, 0.15) is 18.0 Å². The zero-order valence-electron chi connectivity index (χ0n) is 21.4. The lowest BCUT2D eigenvalue weighted by Crippen LogP contribution is -2.70. The first-order valence-corrected chi connectivity index (χ1v) is 12.4. The second-order valence-electron chi connectivity index (χ2n) is 12.5. The predicted octanol–water partition coefficient (Wildman–Crippen LogP) is 2.81. The molecule has 0 aliphatic heterocycles. The van der Waals surface area contributed by atoms with E-state index < -0.39 is 75.5 Å². The fraction of sp³-hybridized carbons (Fsp3) is 0.741. The van der Waals surface area contributed by atoms with Gasteiger partial charge in [-0.1, -0.05) is 13.8 Å². The molecule has 4 aliphatic rings. The molecule has 7 nitrogen and oxygen atoms in total. The van der Waals surface area contributed by atoms with Crippen molar-refractivity contribution in [3.63, 3.8) is 0 Å². The minimum atomic E-state index is -2.31. The highest BCUT2D eigenvalue weighted by molar-refractivity contribution is 6.02. The Kier molecular flexibility index (Phi) is 5.83. The maximum Gasteiger partial charge on any atom is 0.316 e. The van der Waals surface area contributed by atoms with E-state index in [1.54, 1.807) is 41.5 Å². The smallest absolute Gasteiger partial charge is 0.316 e. The van der Waals surface area contributed by atoms with Crippen LogP contribution in [0.4, 0.5) is 4.39 Å². The fourth-order valence-corrected chi connectivity index (χ4v) is 7.73. The standard InChI is InChI=1S/C27H37FO7/c1-14-9-18-17-8-7-15-10-16(30)11-21(35-22(33)23(2,3)4)25(15,6)26(17,28)19(31)12-24(18,5)27(14,34)20(32)13-29/h10-11,14,17-19,29,31,34H,7-9,12-13H2,1-6H3/t14?,17-,18-,19-,24-,25+,26-,27-/m0/s1. The number of aliphatic hydroxyl groups excluding tert-OH is 2. The first kappa shape index (κ1) is 26.2. The van der Waals surface area contributed by atoms with E-state index in [2.05, 4.69) is 0 Å². The summed E-state index contributed by atoms with van der Waals surface area (Å²) in [6, 6.07) is 0. The summed E-state index contributed by atoms with van der Waals surface area (Å²) in [6.07, 6.45) is 1.68. The van der Waals surface area contributed by atoms with Gasteiger partial charge in [0.05, 0.1) is 16.9 Å². The lowest BCUT2D eigenvalue weighted by molar-refractivity contribution is -0.226. The molecule has 8 heteroatoms. The Morgan fingerprint density at radius 2 is 1.83 bits per heavy atom. The van der Waals surface area contributed by atoms with E-state index in [9.17, 15) is 29.7 Å². The Balaban J connectivity index is 1.84. The zero-order valence-corrected chi connectivity index (χ0v) is 21.4. The van der Waals surface area contributed by atoms with Gasteiger partial charge in [0.25, 0.3) is 0 Å². The van der Waals surface area contributed by atoms with Gasteiger partial charge in [-0.15, -0.1) is 0 Å². The molecule has 0 amide bonds. The molecule has 0 spiro atoms. The predicted molar refractivity (Wildman–Crippen MR) is 124 cm³/mol. The number of carbonyl (C=O) groups is 3. The van der Waals surface area contributed by atoms with Crippen molar-refractivity contribution in [2.24, 2.45) is 34.0 Å². The number of esters is 1. The molecule has 1 unspecified atom stereocenters. The van der Waals surface area contributed by atoms with Gasteiger partial charge in [0.15, 0.2) is 17.2 Å². The number of ether oxygens (including phenoxy) is 1. The normalized spacial score (nSPS) is 45.0. The van der Waals surface area contributed by atoms with Crippen LogP contribution in [-0.2, 0) is 19.1 Å². The van der Waals surface area contributed by atoms with Crippen molar-refractivity contribution < 1.29 is 38.8 Å². The number of carbonyl (C=O) groups excluding carboxylic acids is 3. The summed E-state index contributed by atoms with van der Waals surface area (Å²) < 4.78 is 23.4. The van der Waals surface area contributed by atoms with Crippen LogP contribution in [0.2, 0.25) is 0 Å². The van der Waals surface area contributed by atoms with Crippen molar-refractivity contribution in [1.29, 1.82) is 0 Å². The number of allylic oxidation sites excluding steroid dienone is 3. The highest BCUT2D eigenvalue weighted by atomic mass is 19.1. The minimum Gasteiger partial charge on any atom is -0.429 e. The van der Waals surface area contributed by atoms with E-state index in [4.69, 9.17) is 4.74 Å². The van der Waals surface area contributed by atoms with E-state index in [-0.39, 0.29) is 12.2 Å². The average Bonchev–Trinajstić information content (AvgIpc) is 2.96. The summed E-state index contributed by atoms with van der Waals surface area (Å²) in [6.45, 7) is 9.14. The van der Waals surface area contributed by atoms with Crippen molar-refractivity contribution in [1.82, 2.24) is 0 Å². The van der Waals surface area contributed by atoms with Crippen LogP contribution >= 0.6 is 0 Å². The van der Waals surface area contributed by atoms with E-state index in [0.717, 1.165) is 6.08 Å². The second kappa shape index (κ2) is 7.80. The van der Waals surface area contributed by atoms with Crippen LogP contribution < -0.4 is 0 Å². The first-order valence-electron chi connectivity index (χ1n) is 12.4. The molecular formula is C27H37FO7. The number of halogens is 1. The number of ketones is 2. The molecule has 3 N–H and O–H groups in total. The van der Waals surface area contributed by atoms with Crippen molar-refractivity contribution in [2.75, 3.05) is 6.61 Å². The molecule has 3 fully saturated rings. The van der Waals surface area contributed by atoms with Crippen LogP contribution in [0.1, 0.15) is 67.2 Å². The third-order valence-corrected chi connectivity index (χ3v) is 9.74. The van der Waals surface area contributed by atoms with Crippen LogP contribution in [0.25, 0.3) is 0 Å². The first-order chi connectivity index (χ1) is 16.0. The Bertz CT molecular complexity index is 1040. The Hall–Kier alpha value is -1.90. The molecule has 8 atom stereocenters. The van der Waals surface area contributed by atoms with Crippen LogP contribution in [0, 0.1) is 34.0 Å². The highest BCUT2D eigenvalue weighted by Gasteiger charge is 2.76. The summed E-state index contributed by atoms with van der Waals surface area (Å²) in [5, 5.41) is 32.7. The molecule has 3 saturated carbocycles. The van der Waals surface area contributed by atoms with Crippen molar-refractivity contribution >= 4 is 17.5 Å². The number of aliphatic hydroxyl groups is 3. The summed E-state index contributed by atoms with van der Waals surface area (Å²) in [5.74, 6) is -3.63. The fourth-order valence-electron chi connectivity index (χ4n) is 7.73. The van der Waals surface area contributed by atoms with Crippen molar-refractivity contribution in [2.45, 2.75) is 84.6 Å². The van der Waals surface area contributed by atoms with E-state index in [1.807, 2.05) is 0 Å². The number of Topliss-reactive ketones (excluding diaryl/α,β-unsaturated/α-hetero) is 1. The van der Waals surface area contributed by atoms with Gasteiger partial charge in [-0.2, -0.15) is 0 Å². The molecule has 0 aromatic rings. The topological polar surface area (TPSA) is 121 Å². The summed E-state index contributed by atoms with van der Waals surface area (Å²) in [7, 11) is 0. The average molecular weight is 493 g/mol. The van der Waals surface area contributed by atoms with Gasteiger partial charge < -0.3 is 20.1 Å². The van der Waals surface area contributed by atoms with Crippen LogP contribution in [0.15, 0.2) is 23.5 Å². The summed E-state index contributed by atoms with van der Waals surface area (Å²) >= 11 is 0. The van der Waals surface area contributed by atoms with Crippen molar-refractivity contribution in [3.8, 4) is 0 Å². The van der Waals surface area contributed by atoms with Gasteiger partial charge >= 0.3 is 5.97 Å². The van der Waals surface area contributed by atoms with Gasteiger partial charge in [0.2, 0.25) is 0 Å². The largest absolute Gasteiger partial charge is 0.429 e. The molecule has 194 valence electrons. The van der Waals surface area contributed by atoms with Gasteiger partial charge in [-0.3, -0.25) is 14.4 Å². The van der Waals surface area contributed by atoms with Crippen molar-refractivity contribution in [3.05, 3.63) is 23.5 Å². The van der Waals surface area contributed by atoms with Gasteiger partial charge in [-0.25, -0.2) is 4.39 Å². The van der Waals surface area contributed by atoms with E-state index in [1.165, 1.54) is 6.08 Å². The third kappa shape index (κ3) is 3.15. The Morgan fingerprint density at radius 3 is 2.40 bits per heavy atom. The molecule has 0 heterocycles. The quantitative estimate of drug-likeness (QED) is 0.518. The van der Waals surface area contributed by atoms with Gasteiger partial charge in [-0.05, 0) is 76.9 Å². The maximum atomic E-state index is 17.7. The van der Waals surface area contributed by atoms with E-state index in [0.29, 0.717) is 24.8 Å². The third-order valence-electron chi connectivity index (χ3n) is 9.74. The number of hydrogen-bond acceptors (Lipinski definition) is 7. The molecule has 0 radical (unpaired) electrons. The molecule has 35 heavy (non-hydrogen) atoms. The number of hydrogen-bond donors (Lipinski definition) is 3. The molecule has 0 bridgehead atoms. The van der Waals surface area contributed by atoms with E-state index >= 15 is 4.39 Å². The van der Waals surface area contributed by atoms with Gasteiger partial charge in [0, 0.05) is 17.4 Å². The number of fused-ring (bicyclic) bond motifs is 5. The number of alkyl halides is 1. The highest BCUT2D eigenvalue weighted by Crippen LogP contribution is 2.71.